The molecule has 0 aliphatic heterocycles. The molecule has 0 spiro atoms. The zero-order valence-electron chi connectivity index (χ0n) is 9.64. The van der Waals surface area contributed by atoms with Crippen molar-refractivity contribution in [3.05, 3.63) is 35.9 Å². The Morgan fingerprint density at radius 3 is 2.56 bits per heavy atom. The van der Waals surface area contributed by atoms with Gasteiger partial charge in [-0.1, -0.05) is 36.8 Å². The van der Waals surface area contributed by atoms with Crippen molar-refractivity contribution in [1.82, 2.24) is 9.78 Å². The Hall–Kier alpha value is -1.77. The molecule has 0 radical (unpaired) electrons. The zero-order chi connectivity index (χ0) is 11.5. The van der Waals surface area contributed by atoms with Crippen LogP contribution in [0.5, 0.6) is 5.88 Å². The normalized spacial score (nSPS) is 10.6. The van der Waals surface area contributed by atoms with Gasteiger partial charge < -0.3 is 5.11 Å². The summed E-state index contributed by atoms with van der Waals surface area (Å²) >= 11 is 0. The Bertz CT molecular complexity index is 471. The Balaban J connectivity index is 2.33. The number of benzene rings is 1. The summed E-state index contributed by atoms with van der Waals surface area (Å²) in [6, 6.07) is 9.84. The maximum Gasteiger partial charge on any atom is 0.209 e. The van der Waals surface area contributed by atoms with Crippen LogP contribution in [-0.2, 0) is 6.54 Å². The molecule has 0 aliphatic rings. The van der Waals surface area contributed by atoms with Crippen LogP contribution >= 0.6 is 0 Å². The van der Waals surface area contributed by atoms with Crippen molar-refractivity contribution in [3.63, 3.8) is 0 Å². The Morgan fingerprint density at radius 1 is 1.25 bits per heavy atom. The van der Waals surface area contributed by atoms with Gasteiger partial charge in [-0.05, 0) is 13.3 Å². The van der Waals surface area contributed by atoms with Gasteiger partial charge in [0.1, 0.15) is 0 Å². The van der Waals surface area contributed by atoms with Crippen molar-refractivity contribution in [1.29, 1.82) is 0 Å². The fraction of sp³-hybridized carbons (Fsp3) is 0.308. The molecule has 0 atom stereocenters. The molecule has 3 nitrogen and oxygen atoms in total. The molecule has 16 heavy (non-hydrogen) atoms. The maximum absolute atomic E-state index is 9.68. The Kier molecular flexibility index (Phi) is 2.95. The van der Waals surface area contributed by atoms with Gasteiger partial charge in [-0.15, -0.1) is 0 Å². The van der Waals surface area contributed by atoms with Crippen LogP contribution in [-0.4, -0.2) is 14.9 Å². The number of aryl methyl sites for hydroxylation is 2. The third-order valence-electron chi connectivity index (χ3n) is 2.54. The third kappa shape index (κ3) is 2.08. The zero-order valence-corrected chi connectivity index (χ0v) is 9.64. The summed E-state index contributed by atoms with van der Waals surface area (Å²) in [6.45, 7) is 4.86. The lowest BCUT2D eigenvalue weighted by Crippen LogP contribution is -1.98. The second-order valence-electron chi connectivity index (χ2n) is 3.98. The number of rotatable bonds is 3. The average molecular weight is 216 g/mol. The summed E-state index contributed by atoms with van der Waals surface area (Å²) in [6.07, 6.45) is 0.961. The predicted molar refractivity (Wildman–Crippen MR) is 64.4 cm³/mol. The summed E-state index contributed by atoms with van der Waals surface area (Å²) < 4.78 is 1.63. The molecule has 0 saturated carbocycles. The van der Waals surface area contributed by atoms with E-state index in [9.17, 15) is 5.11 Å². The summed E-state index contributed by atoms with van der Waals surface area (Å²) in [5.41, 5.74) is 3.09. The van der Waals surface area contributed by atoms with Crippen molar-refractivity contribution >= 4 is 0 Å². The standard InChI is InChI=1S/C13H16N2O/c1-3-8-15-13(16)9-12(14-15)11-6-4-10(2)5-7-11/h4-7,9,16H,3,8H2,1-2H3. The van der Waals surface area contributed by atoms with E-state index in [-0.39, 0.29) is 5.88 Å². The molecular weight excluding hydrogens is 200 g/mol. The minimum Gasteiger partial charge on any atom is -0.493 e. The van der Waals surface area contributed by atoms with E-state index in [1.54, 1.807) is 10.7 Å². The lowest BCUT2D eigenvalue weighted by Gasteiger charge is -1.99. The molecule has 3 heteroatoms. The first-order valence-electron chi connectivity index (χ1n) is 5.54. The number of hydrogen-bond donors (Lipinski definition) is 1. The first kappa shape index (κ1) is 10.7. The lowest BCUT2D eigenvalue weighted by molar-refractivity contribution is 0.397. The van der Waals surface area contributed by atoms with Crippen molar-refractivity contribution in [2.24, 2.45) is 0 Å². The lowest BCUT2D eigenvalue weighted by atomic mass is 10.1. The van der Waals surface area contributed by atoms with Crippen LogP contribution in [0.3, 0.4) is 0 Å². The van der Waals surface area contributed by atoms with E-state index in [2.05, 4.69) is 18.9 Å². The van der Waals surface area contributed by atoms with Crippen LogP contribution in [0.1, 0.15) is 18.9 Å². The van der Waals surface area contributed by atoms with Gasteiger partial charge in [-0.25, -0.2) is 4.68 Å². The van der Waals surface area contributed by atoms with Gasteiger partial charge in [-0.3, -0.25) is 0 Å². The van der Waals surface area contributed by atoms with E-state index >= 15 is 0 Å². The largest absolute Gasteiger partial charge is 0.493 e. The first-order chi connectivity index (χ1) is 7.70. The highest BCUT2D eigenvalue weighted by Gasteiger charge is 2.07. The van der Waals surface area contributed by atoms with Crippen molar-refractivity contribution in [3.8, 4) is 17.1 Å². The molecule has 1 N–H and O–H groups in total. The first-order valence-corrected chi connectivity index (χ1v) is 5.54. The smallest absolute Gasteiger partial charge is 0.209 e. The van der Waals surface area contributed by atoms with E-state index in [0.29, 0.717) is 0 Å². The van der Waals surface area contributed by atoms with Crippen molar-refractivity contribution < 1.29 is 5.11 Å². The number of hydrogen-bond acceptors (Lipinski definition) is 2. The number of nitrogens with zero attached hydrogens (tertiary/aromatic N) is 2. The molecule has 0 unspecified atom stereocenters. The van der Waals surface area contributed by atoms with Crippen LogP contribution in [0.15, 0.2) is 30.3 Å². The van der Waals surface area contributed by atoms with Gasteiger partial charge in [0, 0.05) is 18.2 Å². The summed E-state index contributed by atoms with van der Waals surface area (Å²) in [7, 11) is 0. The van der Waals surface area contributed by atoms with E-state index in [4.69, 9.17) is 0 Å². The van der Waals surface area contributed by atoms with E-state index in [1.165, 1.54) is 5.56 Å². The molecule has 0 bridgehead atoms. The van der Waals surface area contributed by atoms with Crippen molar-refractivity contribution in [2.45, 2.75) is 26.8 Å². The highest BCUT2D eigenvalue weighted by atomic mass is 16.3. The quantitative estimate of drug-likeness (QED) is 0.856. The molecule has 1 aromatic carbocycles. The molecule has 0 aliphatic carbocycles. The molecule has 0 fully saturated rings. The predicted octanol–water partition coefficient (Wildman–Crippen LogP) is 2.97. The molecule has 84 valence electrons. The fourth-order valence-electron chi connectivity index (χ4n) is 1.65. The molecule has 1 aromatic heterocycles. The number of aromatic nitrogens is 2. The number of aromatic hydroxyl groups is 1. The Morgan fingerprint density at radius 2 is 1.94 bits per heavy atom. The monoisotopic (exact) mass is 216 g/mol. The van der Waals surface area contributed by atoms with Gasteiger partial charge in [0.15, 0.2) is 0 Å². The minimum atomic E-state index is 0.234. The average Bonchev–Trinajstić information content (AvgIpc) is 2.62. The summed E-state index contributed by atoms with van der Waals surface area (Å²) in [5.74, 6) is 0.234. The van der Waals surface area contributed by atoms with Crippen LogP contribution in [0, 0.1) is 6.92 Å². The second kappa shape index (κ2) is 4.39. The van der Waals surface area contributed by atoms with Crippen LogP contribution in [0.4, 0.5) is 0 Å². The van der Waals surface area contributed by atoms with Gasteiger partial charge in [0.05, 0.1) is 5.69 Å². The van der Waals surface area contributed by atoms with E-state index < -0.39 is 0 Å². The van der Waals surface area contributed by atoms with Gasteiger partial charge >= 0.3 is 0 Å². The molecule has 2 aromatic rings. The van der Waals surface area contributed by atoms with Crippen molar-refractivity contribution in [2.75, 3.05) is 0 Å². The molecule has 0 amide bonds. The van der Waals surface area contributed by atoms with Crippen LogP contribution in [0.25, 0.3) is 11.3 Å². The second-order valence-corrected chi connectivity index (χ2v) is 3.98. The molecule has 1 heterocycles. The minimum absolute atomic E-state index is 0.234. The fourth-order valence-corrected chi connectivity index (χ4v) is 1.65. The summed E-state index contributed by atoms with van der Waals surface area (Å²) in [4.78, 5) is 0. The Labute approximate surface area is 95.3 Å². The third-order valence-corrected chi connectivity index (χ3v) is 2.54. The van der Waals surface area contributed by atoms with E-state index in [1.807, 2.05) is 24.3 Å². The van der Waals surface area contributed by atoms with Crippen LogP contribution < -0.4 is 0 Å². The maximum atomic E-state index is 9.68. The SMILES string of the molecule is CCCn1nc(-c2ccc(C)cc2)cc1O. The van der Waals surface area contributed by atoms with Gasteiger partial charge in [0.25, 0.3) is 0 Å². The molecule has 0 saturated heterocycles. The summed E-state index contributed by atoms with van der Waals surface area (Å²) in [5, 5.41) is 14.0. The van der Waals surface area contributed by atoms with Crippen LogP contribution in [0.2, 0.25) is 0 Å². The topological polar surface area (TPSA) is 38.0 Å². The highest BCUT2D eigenvalue weighted by molar-refractivity contribution is 5.60. The van der Waals surface area contributed by atoms with Gasteiger partial charge in [-0.2, -0.15) is 5.10 Å². The highest BCUT2D eigenvalue weighted by Crippen LogP contribution is 2.22. The van der Waals surface area contributed by atoms with E-state index in [0.717, 1.165) is 24.2 Å². The van der Waals surface area contributed by atoms with Gasteiger partial charge in [0.2, 0.25) is 5.88 Å². The molecule has 2 rings (SSSR count). The molecular formula is C13H16N2O.